The van der Waals surface area contributed by atoms with Gasteiger partial charge in [-0.2, -0.15) is 0 Å². The first-order chi connectivity index (χ1) is 17.2. The third kappa shape index (κ3) is 12.6. The van der Waals surface area contributed by atoms with Crippen molar-refractivity contribution in [2.75, 3.05) is 13.7 Å². The summed E-state index contributed by atoms with van der Waals surface area (Å²) < 4.78 is 10.7. The van der Waals surface area contributed by atoms with E-state index in [1.165, 1.54) is 90.6 Å². The minimum atomic E-state index is -0.313. The molecular formula is C32H46O3. The van der Waals surface area contributed by atoms with Crippen molar-refractivity contribution in [3.8, 4) is 16.9 Å². The van der Waals surface area contributed by atoms with Gasteiger partial charge < -0.3 is 9.47 Å². The largest absolute Gasteiger partial charge is 0.494 e. The van der Waals surface area contributed by atoms with Gasteiger partial charge in [0.1, 0.15) is 5.75 Å². The van der Waals surface area contributed by atoms with Gasteiger partial charge in [-0.15, -0.1) is 0 Å². The van der Waals surface area contributed by atoms with Gasteiger partial charge in [-0.1, -0.05) is 101 Å². The van der Waals surface area contributed by atoms with Crippen LogP contribution in [0.15, 0.2) is 60.7 Å². The Kier molecular flexibility index (Phi) is 15.4. The van der Waals surface area contributed by atoms with E-state index in [-0.39, 0.29) is 5.97 Å². The Balaban J connectivity index is 1.46. The standard InChI is InChI=1S/C32H46O3/c1-3-4-5-6-7-8-9-10-11-12-13-14-15-16-17-18-27-35-31-25-23-29(24-26-31)28-19-21-30(22-20-28)32(33)34-2/h10-11,19-26H,3-9,12-18,27H2,1-2H3/b11-10-. The van der Waals surface area contributed by atoms with Crippen LogP contribution in [-0.2, 0) is 4.74 Å². The molecule has 0 atom stereocenters. The molecule has 0 radical (unpaired) electrons. The Morgan fingerprint density at radius 3 is 1.69 bits per heavy atom. The van der Waals surface area contributed by atoms with Crippen molar-refractivity contribution in [2.24, 2.45) is 0 Å². The van der Waals surface area contributed by atoms with Gasteiger partial charge in [0.25, 0.3) is 0 Å². The van der Waals surface area contributed by atoms with Gasteiger partial charge in [0, 0.05) is 0 Å². The van der Waals surface area contributed by atoms with Crippen LogP contribution >= 0.6 is 0 Å². The molecule has 2 aromatic carbocycles. The first kappa shape index (κ1) is 28.7. The molecule has 0 spiro atoms. The maximum Gasteiger partial charge on any atom is 0.337 e. The van der Waals surface area contributed by atoms with Crippen LogP contribution in [-0.4, -0.2) is 19.7 Å². The van der Waals surface area contributed by atoms with E-state index in [4.69, 9.17) is 9.47 Å². The Morgan fingerprint density at radius 2 is 1.14 bits per heavy atom. The molecule has 3 nitrogen and oxygen atoms in total. The minimum absolute atomic E-state index is 0.313. The van der Waals surface area contributed by atoms with E-state index in [0.717, 1.165) is 29.9 Å². The highest BCUT2D eigenvalue weighted by molar-refractivity contribution is 5.89. The molecule has 0 saturated carbocycles. The molecule has 0 amide bonds. The monoisotopic (exact) mass is 478 g/mol. The third-order valence-electron chi connectivity index (χ3n) is 6.42. The molecule has 0 aromatic heterocycles. The topological polar surface area (TPSA) is 35.5 Å². The number of hydrogen-bond donors (Lipinski definition) is 0. The summed E-state index contributed by atoms with van der Waals surface area (Å²) in [5, 5.41) is 0. The van der Waals surface area contributed by atoms with Crippen molar-refractivity contribution < 1.29 is 14.3 Å². The molecule has 0 aliphatic carbocycles. The summed E-state index contributed by atoms with van der Waals surface area (Å²) in [4.78, 5) is 11.6. The van der Waals surface area contributed by atoms with Gasteiger partial charge in [0.05, 0.1) is 19.3 Å². The van der Waals surface area contributed by atoms with E-state index in [1.54, 1.807) is 12.1 Å². The molecule has 0 heterocycles. The van der Waals surface area contributed by atoms with E-state index in [9.17, 15) is 4.79 Å². The smallest absolute Gasteiger partial charge is 0.337 e. The van der Waals surface area contributed by atoms with Crippen molar-refractivity contribution in [1.82, 2.24) is 0 Å². The average Bonchev–Trinajstić information content (AvgIpc) is 2.90. The summed E-state index contributed by atoms with van der Waals surface area (Å²) in [6.45, 7) is 3.05. The van der Waals surface area contributed by atoms with Crippen LogP contribution < -0.4 is 4.74 Å². The van der Waals surface area contributed by atoms with Gasteiger partial charge >= 0.3 is 5.97 Å². The first-order valence-electron chi connectivity index (χ1n) is 13.8. The first-order valence-corrected chi connectivity index (χ1v) is 13.8. The second-order valence-corrected chi connectivity index (χ2v) is 9.38. The van der Waals surface area contributed by atoms with Crippen molar-refractivity contribution in [1.29, 1.82) is 0 Å². The summed E-state index contributed by atoms with van der Waals surface area (Å²) in [6, 6.07) is 15.6. The summed E-state index contributed by atoms with van der Waals surface area (Å²) in [7, 11) is 1.40. The molecule has 2 rings (SSSR count). The number of unbranched alkanes of at least 4 members (excludes halogenated alkanes) is 12. The SMILES string of the molecule is CCCCCCCC/C=C\CCCCCCCCOc1ccc(-c2ccc(C(=O)OC)cc2)cc1. The Labute approximate surface area is 213 Å². The number of benzene rings is 2. The molecule has 0 bridgehead atoms. The van der Waals surface area contributed by atoms with Crippen LogP contribution in [0.3, 0.4) is 0 Å². The van der Waals surface area contributed by atoms with Crippen molar-refractivity contribution in [3.05, 3.63) is 66.2 Å². The summed E-state index contributed by atoms with van der Waals surface area (Å²) >= 11 is 0. The summed E-state index contributed by atoms with van der Waals surface area (Å²) in [5.41, 5.74) is 2.73. The lowest BCUT2D eigenvalue weighted by Crippen LogP contribution is -2.00. The molecular weight excluding hydrogens is 432 g/mol. The van der Waals surface area contributed by atoms with Crippen LogP contribution in [0, 0.1) is 0 Å². The highest BCUT2D eigenvalue weighted by atomic mass is 16.5. The molecule has 0 N–H and O–H groups in total. The third-order valence-corrected chi connectivity index (χ3v) is 6.42. The number of allylic oxidation sites excluding steroid dienone is 2. The van der Waals surface area contributed by atoms with E-state index in [0.29, 0.717) is 5.56 Å². The number of esters is 1. The predicted octanol–water partition coefficient (Wildman–Crippen LogP) is 9.56. The number of methoxy groups -OCH3 is 1. The molecule has 0 aliphatic heterocycles. The van der Waals surface area contributed by atoms with Gasteiger partial charge in [-0.05, 0) is 67.5 Å². The molecule has 192 valence electrons. The van der Waals surface area contributed by atoms with Gasteiger partial charge in [0.15, 0.2) is 0 Å². The lowest BCUT2D eigenvalue weighted by Gasteiger charge is -2.08. The van der Waals surface area contributed by atoms with E-state index in [2.05, 4.69) is 31.2 Å². The minimum Gasteiger partial charge on any atom is -0.494 e. The number of hydrogen-bond acceptors (Lipinski definition) is 3. The maximum absolute atomic E-state index is 11.6. The fourth-order valence-corrected chi connectivity index (χ4v) is 4.20. The quantitative estimate of drug-likeness (QED) is 0.114. The molecule has 2 aromatic rings. The molecule has 35 heavy (non-hydrogen) atoms. The Bertz CT molecular complexity index is 821. The predicted molar refractivity (Wildman–Crippen MR) is 148 cm³/mol. The summed E-state index contributed by atoms with van der Waals surface area (Å²) in [5.74, 6) is 0.596. The fraction of sp³-hybridized carbons (Fsp3) is 0.531. The second kappa shape index (κ2) is 18.7. The number of carbonyl (C=O) groups is 1. The highest BCUT2D eigenvalue weighted by Crippen LogP contribution is 2.23. The van der Waals surface area contributed by atoms with E-state index >= 15 is 0 Å². The van der Waals surface area contributed by atoms with Crippen LogP contribution in [0.5, 0.6) is 5.75 Å². The lowest BCUT2D eigenvalue weighted by molar-refractivity contribution is 0.0600. The highest BCUT2D eigenvalue weighted by Gasteiger charge is 2.05. The van der Waals surface area contributed by atoms with Gasteiger partial charge in [-0.25, -0.2) is 4.79 Å². The van der Waals surface area contributed by atoms with Crippen LogP contribution in [0.4, 0.5) is 0 Å². The lowest BCUT2D eigenvalue weighted by atomic mass is 10.0. The fourth-order valence-electron chi connectivity index (χ4n) is 4.20. The number of rotatable bonds is 19. The second-order valence-electron chi connectivity index (χ2n) is 9.38. The normalized spacial score (nSPS) is 11.1. The zero-order chi connectivity index (χ0) is 25.0. The van der Waals surface area contributed by atoms with Crippen molar-refractivity contribution >= 4 is 5.97 Å². The summed E-state index contributed by atoms with van der Waals surface area (Å²) in [6.07, 6.45) is 23.2. The molecule has 0 saturated heterocycles. The Hall–Kier alpha value is -2.55. The number of carbonyl (C=O) groups excluding carboxylic acids is 1. The average molecular weight is 479 g/mol. The molecule has 3 heteroatoms. The molecule has 0 unspecified atom stereocenters. The van der Waals surface area contributed by atoms with Crippen LogP contribution in [0.1, 0.15) is 107 Å². The van der Waals surface area contributed by atoms with Gasteiger partial charge in [0.2, 0.25) is 0 Å². The molecule has 0 fully saturated rings. The maximum atomic E-state index is 11.6. The van der Waals surface area contributed by atoms with Gasteiger partial charge in [-0.3, -0.25) is 0 Å². The van der Waals surface area contributed by atoms with E-state index < -0.39 is 0 Å². The van der Waals surface area contributed by atoms with Crippen LogP contribution in [0.2, 0.25) is 0 Å². The van der Waals surface area contributed by atoms with E-state index in [1.807, 2.05) is 24.3 Å². The molecule has 0 aliphatic rings. The zero-order valence-electron chi connectivity index (χ0n) is 22.1. The van der Waals surface area contributed by atoms with Crippen LogP contribution in [0.25, 0.3) is 11.1 Å². The van der Waals surface area contributed by atoms with Crippen molar-refractivity contribution in [3.63, 3.8) is 0 Å². The van der Waals surface area contributed by atoms with Crippen molar-refractivity contribution in [2.45, 2.75) is 96.8 Å². The zero-order valence-corrected chi connectivity index (χ0v) is 22.1. The number of ether oxygens (including phenoxy) is 2. The Morgan fingerprint density at radius 1 is 0.657 bits per heavy atom.